The van der Waals surface area contributed by atoms with Gasteiger partial charge in [-0.3, -0.25) is 0 Å². The SMILES string of the molecule is CCCc1c2c(cc3c1N(CCOC)CCO3)CCN(C(=O)OC(C)(C)C)CC2. The third-order valence-corrected chi connectivity index (χ3v) is 5.51. The van der Waals surface area contributed by atoms with Gasteiger partial charge in [0.2, 0.25) is 0 Å². The molecule has 0 N–H and O–H groups in total. The molecular weight excluding hydrogens is 368 g/mol. The van der Waals surface area contributed by atoms with Crippen LogP contribution in [0.25, 0.3) is 0 Å². The smallest absolute Gasteiger partial charge is 0.410 e. The van der Waals surface area contributed by atoms with Gasteiger partial charge >= 0.3 is 6.09 Å². The van der Waals surface area contributed by atoms with Crippen molar-refractivity contribution in [2.75, 3.05) is 51.4 Å². The lowest BCUT2D eigenvalue weighted by Crippen LogP contribution is -2.38. The Bertz CT molecular complexity index is 727. The summed E-state index contributed by atoms with van der Waals surface area (Å²) < 4.78 is 17.0. The van der Waals surface area contributed by atoms with Crippen molar-refractivity contribution < 1.29 is 19.0 Å². The number of amides is 1. The first-order valence-electron chi connectivity index (χ1n) is 10.9. The molecule has 162 valence electrons. The molecule has 0 radical (unpaired) electrons. The van der Waals surface area contributed by atoms with E-state index in [0.29, 0.717) is 26.3 Å². The lowest BCUT2D eigenvalue weighted by molar-refractivity contribution is 0.0258. The highest BCUT2D eigenvalue weighted by molar-refractivity contribution is 5.71. The van der Waals surface area contributed by atoms with Crippen molar-refractivity contribution in [3.8, 4) is 5.75 Å². The summed E-state index contributed by atoms with van der Waals surface area (Å²) >= 11 is 0. The average molecular weight is 405 g/mol. The van der Waals surface area contributed by atoms with Gasteiger partial charge in [-0.25, -0.2) is 4.79 Å². The summed E-state index contributed by atoms with van der Waals surface area (Å²) in [5.41, 5.74) is 4.86. The maximum atomic E-state index is 12.6. The standard InChI is InChI=1S/C23H36N2O4/c1-6-7-19-18-9-11-25(22(26)29-23(2,3)4)10-8-17(18)16-20-21(19)24(12-14-27-5)13-15-28-20/h16H,6-15H2,1-5H3. The molecule has 2 aliphatic rings. The number of fused-ring (bicyclic) bond motifs is 2. The number of anilines is 1. The van der Waals surface area contributed by atoms with Gasteiger partial charge in [0.25, 0.3) is 0 Å². The second-order valence-electron chi connectivity index (χ2n) is 8.89. The van der Waals surface area contributed by atoms with Gasteiger partial charge in [-0.15, -0.1) is 0 Å². The molecule has 0 spiro atoms. The zero-order valence-electron chi connectivity index (χ0n) is 18.7. The fourth-order valence-electron chi connectivity index (χ4n) is 4.24. The monoisotopic (exact) mass is 404 g/mol. The fraction of sp³-hybridized carbons (Fsp3) is 0.696. The van der Waals surface area contributed by atoms with Crippen molar-refractivity contribution in [3.05, 3.63) is 22.8 Å². The Morgan fingerprint density at radius 1 is 1.21 bits per heavy atom. The third kappa shape index (κ3) is 5.16. The Hall–Kier alpha value is -1.95. The van der Waals surface area contributed by atoms with Crippen LogP contribution in [0.15, 0.2) is 6.07 Å². The first-order chi connectivity index (χ1) is 13.8. The average Bonchev–Trinajstić information content (AvgIpc) is 2.87. The van der Waals surface area contributed by atoms with E-state index < -0.39 is 5.60 Å². The number of hydrogen-bond donors (Lipinski definition) is 0. The van der Waals surface area contributed by atoms with Crippen molar-refractivity contribution >= 4 is 11.8 Å². The molecule has 29 heavy (non-hydrogen) atoms. The molecule has 1 aromatic rings. The van der Waals surface area contributed by atoms with E-state index in [0.717, 1.165) is 44.5 Å². The van der Waals surface area contributed by atoms with E-state index >= 15 is 0 Å². The highest BCUT2D eigenvalue weighted by Gasteiger charge is 2.29. The summed E-state index contributed by atoms with van der Waals surface area (Å²) in [6.07, 6.45) is 3.57. The number of benzene rings is 1. The van der Waals surface area contributed by atoms with E-state index in [1.807, 2.05) is 25.7 Å². The molecule has 0 aliphatic carbocycles. The van der Waals surface area contributed by atoms with Gasteiger partial charge in [-0.2, -0.15) is 0 Å². The van der Waals surface area contributed by atoms with E-state index in [1.54, 1.807) is 7.11 Å². The van der Waals surface area contributed by atoms with Crippen LogP contribution in [0.1, 0.15) is 50.8 Å². The topological polar surface area (TPSA) is 51.2 Å². The van der Waals surface area contributed by atoms with Gasteiger partial charge < -0.3 is 24.0 Å². The van der Waals surface area contributed by atoms with Crippen LogP contribution >= 0.6 is 0 Å². The van der Waals surface area contributed by atoms with Crippen LogP contribution in [0.5, 0.6) is 5.75 Å². The molecule has 0 aromatic heterocycles. The Kier molecular flexibility index (Phi) is 6.93. The highest BCUT2D eigenvalue weighted by atomic mass is 16.6. The Labute approximate surface area is 175 Å². The lowest BCUT2D eigenvalue weighted by Gasteiger charge is -2.35. The molecule has 0 unspecified atom stereocenters. The summed E-state index contributed by atoms with van der Waals surface area (Å²) in [5.74, 6) is 0.986. The van der Waals surface area contributed by atoms with Crippen molar-refractivity contribution in [3.63, 3.8) is 0 Å². The van der Waals surface area contributed by atoms with Crippen molar-refractivity contribution in [1.29, 1.82) is 0 Å². The second kappa shape index (κ2) is 9.24. The van der Waals surface area contributed by atoms with Gasteiger partial charge in [0.05, 0.1) is 18.8 Å². The van der Waals surface area contributed by atoms with Crippen molar-refractivity contribution in [2.45, 2.75) is 59.0 Å². The Morgan fingerprint density at radius 2 is 1.97 bits per heavy atom. The largest absolute Gasteiger partial charge is 0.490 e. The summed E-state index contributed by atoms with van der Waals surface area (Å²) in [6.45, 7) is 12.5. The molecule has 0 saturated heterocycles. The third-order valence-electron chi connectivity index (χ3n) is 5.51. The number of carbonyl (C=O) groups excluding carboxylic acids is 1. The molecule has 0 saturated carbocycles. The van der Waals surface area contributed by atoms with Crippen LogP contribution in [0.3, 0.4) is 0 Å². The number of ether oxygens (including phenoxy) is 3. The molecule has 0 bridgehead atoms. The summed E-state index contributed by atoms with van der Waals surface area (Å²) in [6, 6.07) is 2.21. The molecule has 2 heterocycles. The van der Waals surface area contributed by atoms with Crippen LogP contribution < -0.4 is 9.64 Å². The molecular formula is C23H36N2O4. The van der Waals surface area contributed by atoms with Crippen LogP contribution in [0.4, 0.5) is 10.5 Å². The predicted molar refractivity (Wildman–Crippen MR) is 115 cm³/mol. The summed E-state index contributed by atoms with van der Waals surface area (Å²) in [5, 5.41) is 0. The summed E-state index contributed by atoms with van der Waals surface area (Å²) in [7, 11) is 1.75. The Morgan fingerprint density at radius 3 is 2.66 bits per heavy atom. The fourth-order valence-corrected chi connectivity index (χ4v) is 4.24. The minimum absolute atomic E-state index is 0.218. The molecule has 2 aliphatic heterocycles. The quantitative estimate of drug-likeness (QED) is 0.747. The number of methoxy groups -OCH3 is 1. The summed E-state index contributed by atoms with van der Waals surface area (Å²) in [4.78, 5) is 16.9. The first-order valence-corrected chi connectivity index (χ1v) is 10.9. The molecule has 3 rings (SSSR count). The first kappa shape index (κ1) is 21.8. The maximum Gasteiger partial charge on any atom is 0.410 e. The number of hydrogen-bond acceptors (Lipinski definition) is 5. The van der Waals surface area contributed by atoms with Gasteiger partial charge in [0.15, 0.2) is 0 Å². The van der Waals surface area contributed by atoms with Gasteiger partial charge in [0.1, 0.15) is 18.0 Å². The second-order valence-corrected chi connectivity index (χ2v) is 8.89. The minimum Gasteiger partial charge on any atom is -0.490 e. The van der Waals surface area contributed by atoms with Gasteiger partial charge in [-0.05, 0) is 62.8 Å². The molecule has 6 nitrogen and oxygen atoms in total. The lowest BCUT2D eigenvalue weighted by atomic mass is 9.91. The molecule has 6 heteroatoms. The number of carbonyl (C=O) groups is 1. The maximum absolute atomic E-state index is 12.6. The van der Waals surface area contributed by atoms with E-state index in [9.17, 15) is 4.79 Å². The number of rotatable bonds is 5. The Balaban J connectivity index is 1.90. The van der Waals surface area contributed by atoms with Crippen molar-refractivity contribution in [1.82, 2.24) is 4.90 Å². The minimum atomic E-state index is -0.474. The van der Waals surface area contributed by atoms with Gasteiger partial charge in [-0.1, -0.05) is 13.3 Å². The molecule has 0 atom stereocenters. The number of nitrogens with zero attached hydrogens (tertiary/aromatic N) is 2. The molecule has 1 aromatic carbocycles. The molecule has 0 fully saturated rings. The van der Waals surface area contributed by atoms with Crippen LogP contribution in [0.2, 0.25) is 0 Å². The normalized spacial score (nSPS) is 16.6. The van der Waals surface area contributed by atoms with E-state index in [2.05, 4.69) is 17.9 Å². The van der Waals surface area contributed by atoms with Crippen LogP contribution in [0, 0.1) is 0 Å². The van der Waals surface area contributed by atoms with Crippen LogP contribution in [-0.4, -0.2) is 63.1 Å². The predicted octanol–water partition coefficient (Wildman–Crippen LogP) is 3.82. The van der Waals surface area contributed by atoms with Crippen molar-refractivity contribution in [2.24, 2.45) is 0 Å². The van der Waals surface area contributed by atoms with Gasteiger partial charge in [0, 0.05) is 26.7 Å². The zero-order chi connectivity index (χ0) is 21.0. The van der Waals surface area contributed by atoms with E-state index in [1.165, 1.54) is 22.4 Å². The highest BCUT2D eigenvalue weighted by Crippen LogP contribution is 2.41. The van der Waals surface area contributed by atoms with Crippen LogP contribution in [-0.2, 0) is 28.7 Å². The van der Waals surface area contributed by atoms with E-state index in [4.69, 9.17) is 14.2 Å². The molecule has 1 amide bonds. The zero-order valence-corrected chi connectivity index (χ0v) is 18.7. The van der Waals surface area contributed by atoms with E-state index in [-0.39, 0.29) is 6.09 Å².